The quantitative estimate of drug-likeness (QED) is 0.318. The predicted molar refractivity (Wildman–Crippen MR) is 130 cm³/mol. The molecular formula is C20H33ClIN5O2. The Morgan fingerprint density at radius 2 is 1.97 bits per heavy atom. The Hall–Kier alpha value is -1.26. The summed E-state index contributed by atoms with van der Waals surface area (Å²) in [4.78, 5) is 21.2. The predicted octanol–water partition coefficient (Wildman–Crippen LogP) is 2.57. The highest BCUT2D eigenvalue weighted by Gasteiger charge is 2.21. The molecule has 2 rings (SSSR count). The van der Waals surface area contributed by atoms with Crippen LogP contribution in [0.15, 0.2) is 23.2 Å². The van der Waals surface area contributed by atoms with Gasteiger partial charge in [-0.05, 0) is 32.9 Å². The van der Waals surface area contributed by atoms with Crippen LogP contribution >= 0.6 is 35.6 Å². The smallest absolute Gasteiger partial charge is 0.234 e. The number of rotatable bonds is 7. The molecule has 2 N–H and O–H groups in total. The second-order valence-corrected chi connectivity index (χ2v) is 7.55. The van der Waals surface area contributed by atoms with Crippen molar-refractivity contribution in [1.82, 2.24) is 20.4 Å². The maximum absolute atomic E-state index is 12.0. The fourth-order valence-corrected chi connectivity index (χ4v) is 3.29. The molecule has 1 saturated heterocycles. The number of nitrogens with one attached hydrogen (secondary N) is 2. The first-order valence-corrected chi connectivity index (χ1v) is 10.2. The van der Waals surface area contributed by atoms with Crippen LogP contribution in [0.3, 0.4) is 0 Å². The van der Waals surface area contributed by atoms with Gasteiger partial charge in [-0.1, -0.05) is 17.7 Å². The molecule has 29 heavy (non-hydrogen) atoms. The maximum Gasteiger partial charge on any atom is 0.234 e. The van der Waals surface area contributed by atoms with Gasteiger partial charge in [0.2, 0.25) is 5.91 Å². The first-order chi connectivity index (χ1) is 13.4. The Morgan fingerprint density at radius 3 is 2.55 bits per heavy atom. The van der Waals surface area contributed by atoms with E-state index in [0.29, 0.717) is 18.1 Å². The first kappa shape index (κ1) is 25.8. The van der Waals surface area contributed by atoms with Gasteiger partial charge in [0, 0.05) is 49.4 Å². The van der Waals surface area contributed by atoms with Crippen molar-refractivity contribution in [2.24, 2.45) is 4.99 Å². The molecule has 0 unspecified atom stereocenters. The van der Waals surface area contributed by atoms with E-state index < -0.39 is 0 Å². The molecule has 1 aromatic carbocycles. The van der Waals surface area contributed by atoms with Crippen LogP contribution in [0.5, 0.6) is 5.75 Å². The van der Waals surface area contributed by atoms with E-state index in [0.717, 1.165) is 50.0 Å². The van der Waals surface area contributed by atoms with Gasteiger partial charge in [-0.15, -0.1) is 24.0 Å². The van der Waals surface area contributed by atoms with Gasteiger partial charge in [0.25, 0.3) is 0 Å². The van der Waals surface area contributed by atoms with Gasteiger partial charge in [-0.25, -0.2) is 4.99 Å². The van der Waals surface area contributed by atoms with E-state index in [1.807, 2.05) is 26.0 Å². The van der Waals surface area contributed by atoms with Crippen molar-refractivity contribution in [2.45, 2.75) is 33.4 Å². The summed E-state index contributed by atoms with van der Waals surface area (Å²) in [7, 11) is 1.64. The Bertz CT molecular complexity index is 679. The van der Waals surface area contributed by atoms with E-state index in [1.165, 1.54) is 0 Å². The highest BCUT2D eigenvalue weighted by Crippen LogP contribution is 2.23. The molecule has 0 aromatic heterocycles. The van der Waals surface area contributed by atoms with E-state index in [2.05, 4.69) is 27.4 Å². The summed E-state index contributed by atoms with van der Waals surface area (Å²) in [6.07, 6.45) is 0. The lowest BCUT2D eigenvalue weighted by molar-refractivity contribution is -0.123. The zero-order valence-electron chi connectivity index (χ0n) is 17.7. The standard InChI is InChI=1S/C20H32ClN5O2.HI/c1-5-22-20(23-13-16-6-7-17(21)12-18(16)28-4)26-10-8-25(9-11-26)14-19(27)24-15(2)3;/h6-7,12,15H,5,8-11,13-14H2,1-4H3,(H,22,23)(H,24,27);1H. The van der Waals surface area contributed by atoms with Crippen LogP contribution in [0.25, 0.3) is 0 Å². The summed E-state index contributed by atoms with van der Waals surface area (Å²) >= 11 is 6.04. The average Bonchev–Trinajstić information content (AvgIpc) is 2.65. The number of halogens is 2. The molecular weight excluding hydrogens is 505 g/mol. The lowest BCUT2D eigenvalue weighted by atomic mass is 10.2. The fourth-order valence-electron chi connectivity index (χ4n) is 3.12. The van der Waals surface area contributed by atoms with Gasteiger partial charge in [0.05, 0.1) is 20.2 Å². The van der Waals surface area contributed by atoms with Crippen LogP contribution in [0.2, 0.25) is 5.02 Å². The molecule has 9 heteroatoms. The molecule has 164 valence electrons. The monoisotopic (exact) mass is 537 g/mol. The van der Waals surface area contributed by atoms with Gasteiger partial charge in [-0.2, -0.15) is 0 Å². The van der Waals surface area contributed by atoms with Crippen LogP contribution in [0.1, 0.15) is 26.3 Å². The van der Waals surface area contributed by atoms with E-state index in [1.54, 1.807) is 13.2 Å². The molecule has 7 nitrogen and oxygen atoms in total. The molecule has 1 aromatic rings. The van der Waals surface area contributed by atoms with Crippen LogP contribution in [-0.4, -0.2) is 74.1 Å². The zero-order chi connectivity index (χ0) is 20.5. The molecule has 1 aliphatic rings. The molecule has 0 atom stereocenters. The van der Waals surface area contributed by atoms with Gasteiger partial charge in [0.1, 0.15) is 5.75 Å². The third-order valence-electron chi connectivity index (χ3n) is 4.47. The van der Waals surface area contributed by atoms with Crippen LogP contribution in [0, 0.1) is 0 Å². The summed E-state index contributed by atoms with van der Waals surface area (Å²) in [6.45, 7) is 11.1. The topological polar surface area (TPSA) is 69.2 Å². The maximum atomic E-state index is 12.0. The molecule has 1 heterocycles. The van der Waals surface area contributed by atoms with Crippen LogP contribution < -0.4 is 15.4 Å². The van der Waals surface area contributed by atoms with Crippen LogP contribution in [-0.2, 0) is 11.3 Å². The van der Waals surface area contributed by atoms with Crippen molar-refractivity contribution in [2.75, 3.05) is 46.4 Å². The van der Waals surface area contributed by atoms with E-state index >= 15 is 0 Å². The number of amides is 1. The number of carbonyl (C=O) groups is 1. The molecule has 0 saturated carbocycles. The average molecular weight is 538 g/mol. The SMILES string of the molecule is CCNC(=NCc1ccc(Cl)cc1OC)N1CCN(CC(=O)NC(C)C)CC1.I. The fraction of sp³-hybridized carbons (Fsp3) is 0.600. The minimum atomic E-state index is 0. The number of hydrogen-bond acceptors (Lipinski definition) is 4. The third kappa shape index (κ3) is 8.55. The summed E-state index contributed by atoms with van der Waals surface area (Å²) in [5, 5.41) is 6.96. The number of aliphatic imine (C=N–C) groups is 1. The number of piperazine rings is 1. The molecule has 0 aliphatic carbocycles. The number of carbonyl (C=O) groups excluding carboxylic acids is 1. The number of benzene rings is 1. The highest BCUT2D eigenvalue weighted by molar-refractivity contribution is 14.0. The van der Waals surface area contributed by atoms with Crippen molar-refractivity contribution in [3.05, 3.63) is 28.8 Å². The number of hydrogen-bond donors (Lipinski definition) is 2. The second kappa shape index (κ2) is 13.1. The van der Waals surface area contributed by atoms with Crippen molar-refractivity contribution in [3.63, 3.8) is 0 Å². The molecule has 0 bridgehead atoms. The minimum Gasteiger partial charge on any atom is -0.496 e. The normalized spacial score (nSPS) is 15.1. The van der Waals surface area contributed by atoms with Gasteiger partial charge in [0.15, 0.2) is 5.96 Å². The van der Waals surface area contributed by atoms with E-state index in [4.69, 9.17) is 21.3 Å². The number of ether oxygens (including phenoxy) is 1. The molecule has 0 radical (unpaired) electrons. The largest absolute Gasteiger partial charge is 0.496 e. The first-order valence-electron chi connectivity index (χ1n) is 9.80. The number of methoxy groups -OCH3 is 1. The molecule has 1 amide bonds. The number of guanidine groups is 1. The van der Waals surface area contributed by atoms with Crippen molar-refractivity contribution >= 4 is 47.4 Å². The Morgan fingerprint density at radius 1 is 1.28 bits per heavy atom. The van der Waals surface area contributed by atoms with Crippen molar-refractivity contribution in [1.29, 1.82) is 0 Å². The Balaban J connectivity index is 0.00000420. The minimum absolute atomic E-state index is 0. The number of nitrogens with zero attached hydrogens (tertiary/aromatic N) is 3. The molecule has 1 aliphatic heterocycles. The van der Waals surface area contributed by atoms with Gasteiger partial charge < -0.3 is 20.3 Å². The summed E-state index contributed by atoms with van der Waals surface area (Å²) < 4.78 is 5.41. The van der Waals surface area contributed by atoms with Crippen molar-refractivity contribution in [3.8, 4) is 5.75 Å². The molecule has 0 spiro atoms. The lowest BCUT2D eigenvalue weighted by Gasteiger charge is -2.36. The van der Waals surface area contributed by atoms with Crippen LogP contribution in [0.4, 0.5) is 0 Å². The van der Waals surface area contributed by atoms with Gasteiger partial charge >= 0.3 is 0 Å². The molecule has 1 fully saturated rings. The highest BCUT2D eigenvalue weighted by atomic mass is 127. The zero-order valence-corrected chi connectivity index (χ0v) is 20.8. The Labute approximate surface area is 196 Å². The second-order valence-electron chi connectivity index (χ2n) is 7.11. The van der Waals surface area contributed by atoms with E-state index in [9.17, 15) is 4.79 Å². The Kier molecular flexibility index (Phi) is 11.7. The van der Waals surface area contributed by atoms with Crippen molar-refractivity contribution < 1.29 is 9.53 Å². The summed E-state index contributed by atoms with van der Waals surface area (Å²) in [5.74, 6) is 1.71. The third-order valence-corrected chi connectivity index (χ3v) is 4.71. The summed E-state index contributed by atoms with van der Waals surface area (Å²) in [5.41, 5.74) is 0.992. The lowest BCUT2D eigenvalue weighted by Crippen LogP contribution is -2.54. The summed E-state index contributed by atoms with van der Waals surface area (Å²) in [6, 6.07) is 5.77. The van der Waals surface area contributed by atoms with E-state index in [-0.39, 0.29) is 35.9 Å². The van der Waals surface area contributed by atoms with Gasteiger partial charge in [-0.3, -0.25) is 9.69 Å².